The third-order valence-corrected chi connectivity index (χ3v) is 3.59. The lowest BCUT2D eigenvalue weighted by atomic mass is 9.89. The van der Waals surface area contributed by atoms with Crippen LogP contribution in [0.2, 0.25) is 10.0 Å². The Morgan fingerprint density at radius 1 is 1.30 bits per heavy atom. The number of pyridine rings is 1. The van der Waals surface area contributed by atoms with Crippen molar-refractivity contribution in [2.24, 2.45) is 0 Å². The van der Waals surface area contributed by atoms with Crippen LogP contribution in [0.15, 0.2) is 30.5 Å². The molecule has 0 fully saturated rings. The number of aliphatic hydroxyl groups is 1. The number of aromatic nitrogens is 1. The summed E-state index contributed by atoms with van der Waals surface area (Å²) >= 11 is 11.7. The molecule has 0 aliphatic carbocycles. The Kier molecular flexibility index (Phi) is 4.18. The summed E-state index contributed by atoms with van der Waals surface area (Å²) in [5.41, 5.74) is 5.29. The van der Waals surface area contributed by atoms with E-state index in [2.05, 4.69) is 4.98 Å². The van der Waals surface area contributed by atoms with Crippen LogP contribution in [0, 0.1) is 5.82 Å². The van der Waals surface area contributed by atoms with E-state index < -0.39 is 11.4 Å². The maximum absolute atomic E-state index is 13.6. The largest absolute Gasteiger partial charge is 0.385 e. The number of hydrogen-bond donors (Lipinski definition) is 2. The van der Waals surface area contributed by atoms with Gasteiger partial charge in [0, 0.05) is 23.2 Å². The zero-order chi connectivity index (χ0) is 14.9. The Hall–Kier alpha value is -1.36. The molecule has 0 aliphatic heterocycles. The maximum atomic E-state index is 13.6. The highest BCUT2D eigenvalue weighted by atomic mass is 35.5. The van der Waals surface area contributed by atoms with E-state index in [1.807, 2.05) is 0 Å². The van der Waals surface area contributed by atoms with Crippen molar-refractivity contribution in [3.63, 3.8) is 0 Å². The van der Waals surface area contributed by atoms with Gasteiger partial charge in [-0.05, 0) is 36.8 Å². The van der Waals surface area contributed by atoms with Crippen LogP contribution in [0.4, 0.5) is 10.2 Å². The predicted molar refractivity (Wildman–Crippen MR) is 78.3 cm³/mol. The third kappa shape index (κ3) is 3.20. The fraction of sp³-hybridized carbons (Fsp3) is 0.214. The third-order valence-electron chi connectivity index (χ3n) is 2.98. The first-order chi connectivity index (χ1) is 9.29. The molecule has 2 aromatic rings. The standard InChI is InChI=1S/C14H13Cl2FN2O/c1-14(20,7-8-2-3-19-13(18)4-8)9-5-12(17)11(16)6-10(9)15/h2-6,20H,7H2,1H3,(H2,18,19). The average molecular weight is 315 g/mol. The highest BCUT2D eigenvalue weighted by Crippen LogP contribution is 2.34. The summed E-state index contributed by atoms with van der Waals surface area (Å²) in [5, 5.41) is 10.7. The van der Waals surface area contributed by atoms with Crippen LogP contribution in [0.3, 0.4) is 0 Å². The van der Waals surface area contributed by atoms with E-state index in [-0.39, 0.29) is 22.0 Å². The van der Waals surface area contributed by atoms with Gasteiger partial charge < -0.3 is 10.8 Å². The van der Waals surface area contributed by atoms with E-state index in [9.17, 15) is 9.50 Å². The molecule has 0 bridgehead atoms. The average Bonchev–Trinajstić information content (AvgIpc) is 2.33. The van der Waals surface area contributed by atoms with E-state index >= 15 is 0 Å². The molecule has 3 N–H and O–H groups in total. The number of nitrogens with zero attached hydrogens (tertiary/aromatic N) is 1. The monoisotopic (exact) mass is 314 g/mol. The molecule has 6 heteroatoms. The molecule has 0 saturated heterocycles. The number of halogens is 3. The highest BCUT2D eigenvalue weighted by molar-refractivity contribution is 6.35. The minimum Gasteiger partial charge on any atom is -0.385 e. The summed E-state index contributed by atoms with van der Waals surface area (Å²) < 4.78 is 13.6. The van der Waals surface area contributed by atoms with Crippen molar-refractivity contribution in [3.05, 3.63) is 57.5 Å². The fourth-order valence-corrected chi connectivity index (χ4v) is 2.62. The van der Waals surface area contributed by atoms with E-state index in [0.29, 0.717) is 5.82 Å². The minimum atomic E-state index is -1.35. The molecule has 3 nitrogen and oxygen atoms in total. The number of rotatable bonds is 3. The second kappa shape index (κ2) is 5.56. The quantitative estimate of drug-likeness (QED) is 0.852. The van der Waals surface area contributed by atoms with Gasteiger partial charge in [0.15, 0.2) is 0 Å². The molecule has 106 valence electrons. The van der Waals surface area contributed by atoms with Gasteiger partial charge in [-0.2, -0.15) is 0 Å². The van der Waals surface area contributed by atoms with E-state index in [1.165, 1.54) is 6.07 Å². The molecule has 1 atom stereocenters. The van der Waals surface area contributed by atoms with Crippen LogP contribution in [0.25, 0.3) is 0 Å². The molecule has 1 heterocycles. The summed E-state index contributed by atoms with van der Waals surface area (Å²) in [6, 6.07) is 5.80. The summed E-state index contributed by atoms with van der Waals surface area (Å²) in [6.07, 6.45) is 1.77. The molecule has 0 amide bonds. The number of benzene rings is 1. The van der Waals surface area contributed by atoms with Crippen LogP contribution in [0.1, 0.15) is 18.1 Å². The molecular weight excluding hydrogens is 302 g/mol. The fourth-order valence-electron chi connectivity index (χ4n) is 2.03. The van der Waals surface area contributed by atoms with Gasteiger partial charge in [-0.15, -0.1) is 0 Å². The van der Waals surface area contributed by atoms with Crippen molar-refractivity contribution in [3.8, 4) is 0 Å². The lowest BCUT2D eigenvalue weighted by molar-refractivity contribution is 0.0574. The molecule has 1 aromatic heterocycles. The molecule has 20 heavy (non-hydrogen) atoms. The summed E-state index contributed by atoms with van der Waals surface area (Å²) in [7, 11) is 0. The lowest BCUT2D eigenvalue weighted by Crippen LogP contribution is -2.25. The first-order valence-electron chi connectivity index (χ1n) is 5.87. The molecule has 0 saturated carbocycles. The summed E-state index contributed by atoms with van der Waals surface area (Å²) in [5.74, 6) is -0.271. The molecule has 1 aromatic carbocycles. The van der Waals surface area contributed by atoms with Crippen LogP contribution in [0.5, 0.6) is 0 Å². The predicted octanol–water partition coefficient (Wildman–Crippen LogP) is 3.56. The number of nitrogens with two attached hydrogens (primary N) is 1. The second-order valence-corrected chi connectivity index (χ2v) is 5.60. The van der Waals surface area contributed by atoms with E-state index in [0.717, 1.165) is 11.6 Å². The Labute approximate surface area is 126 Å². The summed E-state index contributed by atoms with van der Waals surface area (Å²) in [6.45, 7) is 1.55. The van der Waals surface area contributed by atoms with Gasteiger partial charge in [0.2, 0.25) is 0 Å². The molecule has 2 rings (SSSR count). The van der Waals surface area contributed by atoms with Crippen molar-refractivity contribution in [2.75, 3.05) is 5.73 Å². The Balaban J connectivity index is 2.37. The topological polar surface area (TPSA) is 59.1 Å². The van der Waals surface area contributed by atoms with E-state index in [1.54, 1.807) is 25.3 Å². The number of anilines is 1. The SMILES string of the molecule is CC(O)(Cc1ccnc(N)c1)c1cc(F)c(Cl)cc1Cl. The molecule has 1 unspecified atom stereocenters. The van der Waals surface area contributed by atoms with Gasteiger partial charge in [-0.1, -0.05) is 23.2 Å². The molecule has 0 radical (unpaired) electrons. The minimum absolute atomic E-state index is 0.0808. The molecule has 0 aliphatic rings. The number of hydrogen-bond acceptors (Lipinski definition) is 3. The Bertz CT molecular complexity index is 647. The highest BCUT2D eigenvalue weighted by Gasteiger charge is 2.27. The van der Waals surface area contributed by atoms with Crippen molar-refractivity contribution < 1.29 is 9.50 Å². The smallest absolute Gasteiger partial charge is 0.142 e. The zero-order valence-corrected chi connectivity index (χ0v) is 12.2. The first kappa shape index (κ1) is 15.0. The second-order valence-electron chi connectivity index (χ2n) is 4.79. The van der Waals surface area contributed by atoms with Gasteiger partial charge in [-0.25, -0.2) is 9.37 Å². The van der Waals surface area contributed by atoms with Crippen LogP contribution in [-0.2, 0) is 12.0 Å². The molecule has 0 spiro atoms. The summed E-state index contributed by atoms with van der Waals surface area (Å²) in [4.78, 5) is 3.88. The first-order valence-corrected chi connectivity index (χ1v) is 6.63. The van der Waals surface area contributed by atoms with Gasteiger partial charge in [0.05, 0.1) is 10.6 Å². The Morgan fingerprint density at radius 3 is 2.65 bits per heavy atom. The van der Waals surface area contributed by atoms with Crippen molar-refractivity contribution in [1.29, 1.82) is 0 Å². The van der Waals surface area contributed by atoms with Gasteiger partial charge in [-0.3, -0.25) is 0 Å². The van der Waals surface area contributed by atoms with Crippen LogP contribution < -0.4 is 5.73 Å². The van der Waals surface area contributed by atoms with Crippen LogP contribution in [-0.4, -0.2) is 10.1 Å². The lowest BCUT2D eigenvalue weighted by Gasteiger charge is -2.25. The van der Waals surface area contributed by atoms with Crippen molar-refractivity contribution in [1.82, 2.24) is 4.98 Å². The zero-order valence-electron chi connectivity index (χ0n) is 10.7. The van der Waals surface area contributed by atoms with Gasteiger partial charge in [0.25, 0.3) is 0 Å². The van der Waals surface area contributed by atoms with Crippen molar-refractivity contribution >= 4 is 29.0 Å². The molecular formula is C14H13Cl2FN2O. The van der Waals surface area contributed by atoms with Gasteiger partial charge in [0.1, 0.15) is 11.6 Å². The van der Waals surface area contributed by atoms with Crippen molar-refractivity contribution in [2.45, 2.75) is 18.9 Å². The Morgan fingerprint density at radius 2 is 2.00 bits per heavy atom. The maximum Gasteiger partial charge on any atom is 0.142 e. The van der Waals surface area contributed by atoms with Crippen LogP contribution >= 0.6 is 23.2 Å². The normalized spacial score (nSPS) is 14.1. The van der Waals surface area contributed by atoms with E-state index in [4.69, 9.17) is 28.9 Å². The number of nitrogen functional groups attached to an aromatic ring is 1. The van der Waals surface area contributed by atoms with Gasteiger partial charge >= 0.3 is 0 Å².